The van der Waals surface area contributed by atoms with Crippen molar-refractivity contribution in [3.63, 3.8) is 0 Å². The van der Waals surface area contributed by atoms with E-state index in [9.17, 15) is 0 Å². The highest BCUT2D eigenvalue weighted by molar-refractivity contribution is 7.02. The molecule has 82 valence electrons. The molecule has 0 aromatic rings. The molecule has 1 nitrogen and oxygen atoms in total. The van der Waals surface area contributed by atoms with Gasteiger partial charge in [-0.15, -0.1) is 0 Å². The molecule has 0 aliphatic heterocycles. The van der Waals surface area contributed by atoms with Gasteiger partial charge in [0.05, 0.1) is 7.17 Å². The second-order valence-electron chi connectivity index (χ2n) is 4.98. The van der Waals surface area contributed by atoms with Crippen LogP contribution in [0.2, 0.25) is 5.82 Å². The standard InChI is InChI=1S/C11H26B2O/c1-6-8-9-10(3)12-13-11(4,5)14-7-2/h10,12-13H,6-9H2,1-5H3. The molecule has 0 aromatic carbocycles. The van der Waals surface area contributed by atoms with Gasteiger partial charge in [0.15, 0.2) is 0 Å². The van der Waals surface area contributed by atoms with Gasteiger partial charge in [-0.2, -0.15) is 0 Å². The summed E-state index contributed by atoms with van der Waals surface area (Å²) in [6.07, 6.45) is 4.06. The highest BCUT2D eigenvalue weighted by Gasteiger charge is 2.20. The summed E-state index contributed by atoms with van der Waals surface area (Å²) in [5.41, 5.74) is 0.0786. The van der Waals surface area contributed by atoms with Crippen molar-refractivity contribution in [2.75, 3.05) is 6.61 Å². The number of hydrogen-bond donors (Lipinski definition) is 0. The van der Waals surface area contributed by atoms with Crippen molar-refractivity contribution in [1.82, 2.24) is 0 Å². The predicted octanol–water partition coefficient (Wildman–Crippen LogP) is 2.55. The third-order valence-corrected chi connectivity index (χ3v) is 2.82. The molecule has 0 saturated heterocycles. The van der Waals surface area contributed by atoms with E-state index < -0.39 is 0 Å². The minimum atomic E-state index is 0.0786. The van der Waals surface area contributed by atoms with Gasteiger partial charge >= 0.3 is 0 Å². The Morgan fingerprint density at radius 3 is 2.43 bits per heavy atom. The van der Waals surface area contributed by atoms with Crippen LogP contribution in [0, 0.1) is 0 Å². The zero-order valence-corrected chi connectivity index (χ0v) is 10.7. The average molecular weight is 196 g/mol. The van der Waals surface area contributed by atoms with E-state index in [1.807, 2.05) is 0 Å². The maximum Gasteiger partial charge on any atom is 0.127 e. The minimum absolute atomic E-state index is 0.0786. The van der Waals surface area contributed by atoms with Crippen LogP contribution in [0.5, 0.6) is 0 Å². The van der Waals surface area contributed by atoms with Crippen LogP contribution in [0.1, 0.15) is 53.9 Å². The van der Waals surface area contributed by atoms with Gasteiger partial charge in [-0.25, -0.2) is 0 Å². The summed E-state index contributed by atoms with van der Waals surface area (Å²) >= 11 is 0. The van der Waals surface area contributed by atoms with Crippen LogP contribution in [0.15, 0.2) is 0 Å². The van der Waals surface area contributed by atoms with Crippen molar-refractivity contribution in [3.05, 3.63) is 0 Å². The van der Waals surface area contributed by atoms with Crippen molar-refractivity contribution in [2.45, 2.75) is 65.2 Å². The van der Waals surface area contributed by atoms with E-state index in [0.29, 0.717) is 0 Å². The smallest absolute Gasteiger partial charge is 0.127 e. The molecule has 0 saturated carbocycles. The molecule has 0 aromatic heterocycles. The van der Waals surface area contributed by atoms with E-state index >= 15 is 0 Å². The van der Waals surface area contributed by atoms with E-state index in [1.54, 1.807) is 0 Å². The molecule has 0 N–H and O–H groups in total. The van der Waals surface area contributed by atoms with Gasteiger partial charge in [0, 0.05) is 12.1 Å². The monoisotopic (exact) mass is 196 g/mol. The molecule has 0 aliphatic carbocycles. The number of hydrogen-bond acceptors (Lipinski definition) is 1. The molecule has 0 aliphatic rings. The molecular weight excluding hydrogens is 170 g/mol. The lowest BCUT2D eigenvalue weighted by Gasteiger charge is -2.24. The molecule has 0 spiro atoms. The quantitative estimate of drug-likeness (QED) is 0.542. The van der Waals surface area contributed by atoms with Crippen LogP contribution in [-0.2, 0) is 4.74 Å². The molecule has 0 rings (SSSR count). The molecular formula is C11H26B2O. The van der Waals surface area contributed by atoms with Gasteiger partial charge < -0.3 is 4.74 Å². The Kier molecular flexibility index (Phi) is 7.44. The van der Waals surface area contributed by atoms with Crippen LogP contribution >= 0.6 is 0 Å². The first kappa shape index (κ1) is 14.1. The topological polar surface area (TPSA) is 9.23 Å². The van der Waals surface area contributed by atoms with Crippen molar-refractivity contribution in [1.29, 1.82) is 0 Å². The van der Waals surface area contributed by atoms with Gasteiger partial charge in [0.2, 0.25) is 0 Å². The second kappa shape index (κ2) is 7.39. The van der Waals surface area contributed by atoms with Gasteiger partial charge in [-0.3, -0.25) is 0 Å². The lowest BCUT2D eigenvalue weighted by molar-refractivity contribution is 0.0543. The normalized spacial score (nSPS) is 13.8. The van der Waals surface area contributed by atoms with Gasteiger partial charge in [-0.05, 0) is 20.8 Å². The van der Waals surface area contributed by atoms with Crippen LogP contribution < -0.4 is 0 Å². The summed E-state index contributed by atoms with van der Waals surface area (Å²) in [6, 6.07) is 0. The number of rotatable bonds is 8. The first-order valence-electron chi connectivity index (χ1n) is 6.15. The maximum absolute atomic E-state index is 5.68. The lowest BCUT2D eigenvalue weighted by Crippen LogP contribution is -2.37. The second-order valence-corrected chi connectivity index (χ2v) is 4.98. The van der Waals surface area contributed by atoms with Crippen LogP contribution in [-0.4, -0.2) is 26.4 Å². The number of ether oxygens (including phenoxy) is 1. The molecule has 14 heavy (non-hydrogen) atoms. The predicted molar refractivity (Wildman–Crippen MR) is 69.0 cm³/mol. The van der Waals surface area contributed by atoms with E-state index in [0.717, 1.165) is 12.4 Å². The fourth-order valence-electron chi connectivity index (χ4n) is 1.75. The Morgan fingerprint density at radius 2 is 1.93 bits per heavy atom. The molecule has 1 unspecified atom stereocenters. The first-order valence-corrected chi connectivity index (χ1v) is 6.15. The molecule has 0 fully saturated rings. The van der Waals surface area contributed by atoms with Gasteiger partial charge in [0.1, 0.15) is 7.17 Å². The van der Waals surface area contributed by atoms with E-state index in [1.165, 1.54) is 33.6 Å². The summed E-state index contributed by atoms with van der Waals surface area (Å²) in [7, 11) is 2.48. The molecule has 3 heteroatoms. The fraction of sp³-hybridized carbons (Fsp3) is 1.00. The summed E-state index contributed by atoms with van der Waals surface area (Å²) < 4.78 is 5.68. The molecule has 1 atom stereocenters. The van der Waals surface area contributed by atoms with Gasteiger partial charge in [-0.1, -0.05) is 38.9 Å². The highest BCUT2D eigenvalue weighted by Crippen LogP contribution is 2.14. The molecule has 0 amide bonds. The molecule has 0 heterocycles. The third-order valence-electron chi connectivity index (χ3n) is 2.82. The lowest BCUT2D eigenvalue weighted by atomic mass is 9.28. The van der Waals surface area contributed by atoms with Crippen LogP contribution in [0.25, 0.3) is 0 Å². The Bertz CT molecular complexity index is 137. The average Bonchev–Trinajstić information content (AvgIpc) is 2.11. The highest BCUT2D eigenvalue weighted by atomic mass is 16.5. The SMILES string of the molecule is CCCCC(C)BBC(C)(C)OCC. The first-order chi connectivity index (χ1) is 6.52. The van der Waals surface area contributed by atoms with Crippen molar-refractivity contribution in [3.8, 4) is 0 Å². The van der Waals surface area contributed by atoms with Crippen LogP contribution in [0.4, 0.5) is 0 Å². The summed E-state index contributed by atoms with van der Waals surface area (Å²) in [6.45, 7) is 11.9. The van der Waals surface area contributed by atoms with Crippen molar-refractivity contribution in [2.24, 2.45) is 0 Å². The van der Waals surface area contributed by atoms with E-state index in [2.05, 4.69) is 34.6 Å². The molecule has 0 radical (unpaired) electrons. The zero-order valence-electron chi connectivity index (χ0n) is 10.7. The Morgan fingerprint density at radius 1 is 1.29 bits per heavy atom. The Balaban J connectivity index is 3.58. The van der Waals surface area contributed by atoms with Crippen molar-refractivity contribution >= 4 is 14.3 Å². The van der Waals surface area contributed by atoms with E-state index in [4.69, 9.17) is 4.74 Å². The van der Waals surface area contributed by atoms with Gasteiger partial charge in [0.25, 0.3) is 0 Å². The minimum Gasteiger partial charge on any atom is -0.385 e. The zero-order chi connectivity index (χ0) is 11.0. The largest absolute Gasteiger partial charge is 0.385 e. The maximum atomic E-state index is 5.68. The Labute approximate surface area is 91.5 Å². The van der Waals surface area contributed by atoms with Crippen LogP contribution in [0.3, 0.4) is 0 Å². The summed E-state index contributed by atoms with van der Waals surface area (Å²) in [4.78, 5) is 0. The molecule has 0 bridgehead atoms. The third kappa shape index (κ3) is 7.49. The van der Waals surface area contributed by atoms with Crippen molar-refractivity contribution < 1.29 is 4.74 Å². The van der Waals surface area contributed by atoms with E-state index in [-0.39, 0.29) is 5.50 Å². The summed E-state index contributed by atoms with van der Waals surface area (Å²) in [5, 5.41) is 0. The number of unbranched alkanes of at least 4 members (excludes halogenated alkanes) is 1. The fourth-order valence-corrected chi connectivity index (χ4v) is 1.75. The summed E-state index contributed by atoms with van der Waals surface area (Å²) in [5.74, 6) is 0.856. The Hall–Kier alpha value is 0.0899.